The number of hydrogen-bond acceptors (Lipinski definition) is 3. The molecule has 0 aromatic heterocycles. The Morgan fingerprint density at radius 2 is 1.78 bits per heavy atom. The molecule has 0 fully saturated rings. The van der Waals surface area contributed by atoms with Gasteiger partial charge in [-0.2, -0.15) is 0 Å². The van der Waals surface area contributed by atoms with Gasteiger partial charge in [-0.3, -0.25) is 0 Å². The number of aliphatic carboxylic acids is 1. The molecule has 18 heavy (non-hydrogen) atoms. The van der Waals surface area contributed by atoms with Crippen molar-refractivity contribution in [1.82, 2.24) is 0 Å². The standard InChI is InChI=1S/C14H20O4/c1-10(2)11-4-6-12(7-5-11)13(14(16)17)18-9-3-8-15/h4-7,10,13,15H,3,8-9H2,1-2H3,(H,16,17). The van der Waals surface area contributed by atoms with E-state index in [2.05, 4.69) is 13.8 Å². The Kier molecular flexibility index (Phi) is 5.82. The van der Waals surface area contributed by atoms with Crippen LogP contribution in [0.15, 0.2) is 24.3 Å². The van der Waals surface area contributed by atoms with Crippen molar-refractivity contribution >= 4 is 5.97 Å². The number of benzene rings is 1. The van der Waals surface area contributed by atoms with E-state index < -0.39 is 12.1 Å². The van der Waals surface area contributed by atoms with Gasteiger partial charge in [0.1, 0.15) is 0 Å². The third kappa shape index (κ3) is 4.13. The van der Waals surface area contributed by atoms with Crippen LogP contribution in [0.25, 0.3) is 0 Å². The number of carboxylic acids is 1. The van der Waals surface area contributed by atoms with Gasteiger partial charge >= 0.3 is 5.97 Å². The van der Waals surface area contributed by atoms with E-state index in [0.717, 1.165) is 0 Å². The molecule has 1 unspecified atom stereocenters. The normalized spacial score (nSPS) is 12.7. The highest BCUT2D eigenvalue weighted by molar-refractivity contribution is 5.74. The van der Waals surface area contributed by atoms with Crippen molar-refractivity contribution in [2.75, 3.05) is 13.2 Å². The van der Waals surface area contributed by atoms with Crippen LogP contribution in [0.1, 0.15) is 43.4 Å². The monoisotopic (exact) mass is 252 g/mol. The summed E-state index contributed by atoms with van der Waals surface area (Å²) >= 11 is 0. The molecule has 1 atom stereocenters. The van der Waals surface area contributed by atoms with Gasteiger partial charge in [0.25, 0.3) is 0 Å². The van der Waals surface area contributed by atoms with Crippen LogP contribution >= 0.6 is 0 Å². The topological polar surface area (TPSA) is 66.8 Å². The number of rotatable bonds is 7. The lowest BCUT2D eigenvalue weighted by atomic mass is 10.00. The second-order valence-electron chi connectivity index (χ2n) is 4.49. The van der Waals surface area contributed by atoms with Gasteiger partial charge in [0.15, 0.2) is 6.10 Å². The number of aliphatic hydroxyl groups is 1. The molecular weight excluding hydrogens is 232 g/mol. The molecule has 2 N–H and O–H groups in total. The smallest absolute Gasteiger partial charge is 0.337 e. The molecule has 4 nitrogen and oxygen atoms in total. The summed E-state index contributed by atoms with van der Waals surface area (Å²) in [6.45, 7) is 4.40. The van der Waals surface area contributed by atoms with Gasteiger partial charge in [-0.15, -0.1) is 0 Å². The fraction of sp³-hybridized carbons (Fsp3) is 0.500. The van der Waals surface area contributed by atoms with Gasteiger partial charge in [-0.05, 0) is 23.5 Å². The van der Waals surface area contributed by atoms with Gasteiger partial charge in [0, 0.05) is 6.61 Å². The first-order valence-electron chi connectivity index (χ1n) is 6.11. The first kappa shape index (κ1) is 14.7. The maximum Gasteiger partial charge on any atom is 0.337 e. The molecule has 100 valence electrons. The van der Waals surface area contributed by atoms with Gasteiger partial charge < -0.3 is 14.9 Å². The molecule has 1 rings (SSSR count). The maximum atomic E-state index is 11.1. The molecule has 0 spiro atoms. The highest BCUT2D eigenvalue weighted by Gasteiger charge is 2.20. The number of ether oxygens (including phenoxy) is 1. The molecule has 0 aliphatic heterocycles. The quantitative estimate of drug-likeness (QED) is 0.731. The molecule has 0 bridgehead atoms. The van der Waals surface area contributed by atoms with E-state index in [1.165, 1.54) is 5.56 Å². The maximum absolute atomic E-state index is 11.1. The lowest BCUT2D eigenvalue weighted by molar-refractivity contribution is -0.151. The van der Waals surface area contributed by atoms with Crippen LogP contribution in [0.2, 0.25) is 0 Å². The molecule has 1 aromatic carbocycles. The van der Waals surface area contributed by atoms with E-state index >= 15 is 0 Å². The highest BCUT2D eigenvalue weighted by Crippen LogP contribution is 2.21. The van der Waals surface area contributed by atoms with E-state index in [4.69, 9.17) is 14.9 Å². The van der Waals surface area contributed by atoms with Gasteiger partial charge in [-0.1, -0.05) is 38.1 Å². The summed E-state index contributed by atoms with van der Waals surface area (Å²) in [6, 6.07) is 7.41. The lowest BCUT2D eigenvalue weighted by Crippen LogP contribution is -2.16. The van der Waals surface area contributed by atoms with Crippen molar-refractivity contribution in [2.24, 2.45) is 0 Å². The average molecular weight is 252 g/mol. The fourth-order valence-electron chi connectivity index (χ4n) is 1.63. The van der Waals surface area contributed by atoms with E-state index in [1.807, 2.05) is 12.1 Å². The lowest BCUT2D eigenvalue weighted by Gasteiger charge is -2.14. The fourth-order valence-corrected chi connectivity index (χ4v) is 1.63. The van der Waals surface area contributed by atoms with Crippen LogP contribution in [0, 0.1) is 0 Å². The van der Waals surface area contributed by atoms with Crippen molar-refractivity contribution in [3.05, 3.63) is 35.4 Å². The minimum absolute atomic E-state index is 0.00136. The average Bonchev–Trinajstić information content (AvgIpc) is 2.34. The van der Waals surface area contributed by atoms with E-state index in [0.29, 0.717) is 17.9 Å². The van der Waals surface area contributed by atoms with Crippen LogP contribution in [0.4, 0.5) is 0 Å². The van der Waals surface area contributed by atoms with Crippen LogP contribution in [-0.2, 0) is 9.53 Å². The van der Waals surface area contributed by atoms with Crippen LogP contribution in [-0.4, -0.2) is 29.4 Å². The van der Waals surface area contributed by atoms with Crippen molar-refractivity contribution in [3.63, 3.8) is 0 Å². The number of aliphatic hydroxyl groups excluding tert-OH is 1. The predicted octanol–water partition coefficient (Wildman–Crippen LogP) is 2.33. The van der Waals surface area contributed by atoms with Gasteiger partial charge in [-0.25, -0.2) is 4.79 Å². The molecule has 0 amide bonds. The van der Waals surface area contributed by atoms with E-state index in [-0.39, 0.29) is 13.2 Å². The summed E-state index contributed by atoms with van der Waals surface area (Å²) in [6.07, 6.45) is -0.522. The third-order valence-corrected chi connectivity index (χ3v) is 2.72. The molecule has 1 aromatic rings. The van der Waals surface area contributed by atoms with Crippen molar-refractivity contribution in [3.8, 4) is 0 Å². The molecule has 0 aliphatic carbocycles. The Hall–Kier alpha value is -1.39. The Bertz CT molecular complexity index is 370. The Balaban J connectivity index is 2.76. The molecule has 0 saturated heterocycles. The number of carboxylic acid groups (broad SMARTS) is 1. The first-order valence-corrected chi connectivity index (χ1v) is 6.11. The van der Waals surface area contributed by atoms with E-state index in [1.54, 1.807) is 12.1 Å². The van der Waals surface area contributed by atoms with Crippen molar-refractivity contribution < 1.29 is 19.7 Å². The predicted molar refractivity (Wildman–Crippen MR) is 68.6 cm³/mol. The van der Waals surface area contributed by atoms with Gasteiger partial charge in [0.2, 0.25) is 0 Å². The number of hydrogen-bond donors (Lipinski definition) is 2. The third-order valence-electron chi connectivity index (χ3n) is 2.72. The minimum atomic E-state index is -1.01. The molecular formula is C14H20O4. The summed E-state index contributed by atoms with van der Waals surface area (Å²) < 4.78 is 5.27. The molecule has 0 radical (unpaired) electrons. The highest BCUT2D eigenvalue weighted by atomic mass is 16.5. The van der Waals surface area contributed by atoms with Crippen LogP contribution in [0.3, 0.4) is 0 Å². The Labute approximate surface area is 107 Å². The van der Waals surface area contributed by atoms with Gasteiger partial charge in [0.05, 0.1) is 6.61 Å². The summed E-state index contributed by atoms with van der Waals surface area (Å²) in [5.74, 6) is -0.595. The largest absolute Gasteiger partial charge is 0.479 e. The zero-order chi connectivity index (χ0) is 13.5. The van der Waals surface area contributed by atoms with Crippen molar-refractivity contribution in [1.29, 1.82) is 0 Å². The summed E-state index contributed by atoms with van der Waals surface area (Å²) in [4.78, 5) is 11.1. The molecule has 0 heterocycles. The second-order valence-corrected chi connectivity index (χ2v) is 4.49. The summed E-state index contributed by atoms with van der Waals surface area (Å²) in [5, 5.41) is 17.8. The minimum Gasteiger partial charge on any atom is -0.479 e. The zero-order valence-corrected chi connectivity index (χ0v) is 10.8. The Morgan fingerprint density at radius 3 is 2.22 bits per heavy atom. The summed E-state index contributed by atoms with van der Waals surface area (Å²) in [5.41, 5.74) is 1.79. The number of carbonyl (C=O) groups is 1. The first-order chi connectivity index (χ1) is 8.56. The SMILES string of the molecule is CC(C)c1ccc(C(OCCCO)C(=O)O)cc1. The summed E-state index contributed by atoms with van der Waals surface area (Å²) in [7, 11) is 0. The van der Waals surface area contributed by atoms with Crippen molar-refractivity contribution in [2.45, 2.75) is 32.3 Å². The Morgan fingerprint density at radius 1 is 1.22 bits per heavy atom. The van der Waals surface area contributed by atoms with Crippen LogP contribution in [0.5, 0.6) is 0 Å². The zero-order valence-electron chi connectivity index (χ0n) is 10.8. The molecule has 0 saturated carbocycles. The molecule has 4 heteroatoms. The second kappa shape index (κ2) is 7.13. The van der Waals surface area contributed by atoms with Crippen LogP contribution < -0.4 is 0 Å². The van der Waals surface area contributed by atoms with E-state index in [9.17, 15) is 4.79 Å². The molecule has 0 aliphatic rings.